The van der Waals surface area contributed by atoms with Crippen LogP contribution in [-0.4, -0.2) is 51.1 Å². The SMILES string of the molecule is CNCCc1ccc(S(=O)(=O)NCC2CSCCS2)s1. The summed E-state index contributed by atoms with van der Waals surface area (Å²) in [5.74, 6) is 3.32. The number of rotatable bonds is 7. The van der Waals surface area contributed by atoms with Crippen LogP contribution in [0.15, 0.2) is 16.3 Å². The van der Waals surface area contributed by atoms with Crippen molar-refractivity contribution in [3.05, 3.63) is 17.0 Å². The molecule has 4 nitrogen and oxygen atoms in total. The second-order valence-electron chi connectivity index (χ2n) is 4.49. The molecule has 2 N–H and O–H groups in total. The molecule has 8 heteroatoms. The Bertz CT molecular complexity index is 509. The predicted molar refractivity (Wildman–Crippen MR) is 90.7 cm³/mol. The van der Waals surface area contributed by atoms with Crippen LogP contribution in [0.5, 0.6) is 0 Å². The van der Waals surface area contributed by atoms with Crippen LogP contribution < -0.4 is 10.0 Å². The molecule has 0 aromatic carbocycles. The summed E-state index contributed by atoms with van der Waals surface area (Å²) >= 11 is 5.13. The van der Waals surface area contributed by atoms with E-state index in [1.54, 1.807) is 6.07 Å². The van der Waals surface area contributed by atoms with Gasteiger partial charge in [-0.05, 0) is 32.1 Å². The Kier molecular flexibility index (Phi) is 6.70. The highest BCUT2D eigenvalue weighted by molar-refractivity contribution is 8.06. The molecule has 1 aromatic heterocycles. The highest BCUT2D eigenvalue weighted by Crippen LogP contribution is 2.25. The third kappa shape index (κ3) is 4.92. The van der Waals surface area contributed by atoms with Gasteiger partial charge in [0.2, 0.25) is 10.0 Å². The third-order valence-corrected chi connectivity index (χ3v) is 8.81. The molecular formula is C12H20N2O2S4. The lowest BCUT2D eigenvalue weighted by Crippen LogP contribution is -2.33. The van der Waals surface area contributed by atoms with Crippen molar-refractivity contribution in [2.75, 3.05) is 37.4 Å². The molecule has 0 saturated carbocycles. The minimum Gasteiger partial charge on any atom is -0.319 e. The van der Waals surface area contributed by atoms with E-state index in [1.165, 1.54) is 17.1 Å². The van der Waals surface area contributed by atoms with Crippen LogP contribution in [0.2, 0.25) is 0 Å². The fraction of sp³-hybridized carbons (Fsp3) is 0.667. The average molecular weight is 353 g/mol. The fourth-order valence-corrected chi connectivity index (χ4v) is 7.01. The summed E-state index contributed by atoms with van der Waals surface area (Å²) in [6.07, 6.45) is 0.867. The number of sulfonamides is 1. The maximum atomic E-state index is 12.2. The molecule has 1 aliphatic heterocycles. The van der Waals surface area contributed by atoms with Crippen molar-refractivity contribution >= 4 is 44.9 Å². The van der Waals surface area contributed by atoms with Gasteiger partial charge in [-0.1, -0.05) is 0 Å². The first kappa shape index (κ1) is 16.6. The first-order valence-corrected chi connectivity index (χ1v) is 11.0. The van der Waals surface area contributed by atoms with Gasteiger partial charge in [-0.25, -0.2) is 13.1 Å². The summed E-state index contributed by atoms with van der Waals surface area (Å²) in [4.78, 5) is 1.10. The summed E-state index contributed by atoms with van der Waals surface area (Å²) in [6.45, 7) is 1.40. The van der Waals surface area contributed by atoms with Crippen LogP contribution in [0, 0.1) is 0 Å². The van der Waals surface area contributed by atoms with Gasteiger partial charge in [0.25, 0.3) is 0 Å². The molecule has 1 atom stereocenters. The van der Waals surface area contributed by atoms with Crippen LogP contribution in [-0.2, 0) is 16.4 Å². The first-order chi connectivity index (χ1) is 9.62. The van der Waals surface area contributed by atoms with Gasteiger partial charge in [0.1, 0.15) is 4.21 Å². The fourth-order valence-electron chi connectivity index (χ4n) is 1.81. The number of nitrogens with one attached hydrogen (secondary N) is 2. The van der Waals surface area contributed by atoms with E-state index in [0.29, 0.717) is 16.0 Å². The Hall–Kier alpha value is 0.270. The summed E-state index contributed by atoms with van der Waals surface area (Å²) in [7, 11) is -1.44. The van der Waals surface area contributed by atoms with Crippen molar-refractivity contribution in [1.29, 1.82) is 0 Å². The molecule has 2 rings (SSSR count). The second-order valence-corrected chi connectivity index (χ2v) is 10.2. The van der Waals surface area contributed by atoms with Gasteiger partial charge >= 0.3 is 0 Å². The first-order valence-electron chi connectivity index (χ1n) is 6.54. The number of hydrogen-bond donors (Lipinski definition) is 2. The monoisotopic (exact) mass is 352 g/mol. The maximum Gasteiger partial charge on any atom is 0.250 e. The highest BCUT2D eigenvalue weighted by Gasteiger charge is 2.20. The van der Waals surface area contributed by atoms with Crippen molar-refractivity contribution in [2.24, 2.45) is 0 Å². The zero-order valence-electron chi connectivity index (χ0n) is 11.4. The van der Waals surface area contributed by atoms with Gasteiger partial charge in [-0.2, -0.15) is 23.5 Å². The Balaban J connectivity index is 1.90. The van der Waals surface area contributed by atoms with E-state index in [0.717, 1.165) is 29.3 Å². The molecule has 0 bridgehead atoms. The van der Waals surface area contributed by atoms with E-state index in [2.05, 4.69) is 10.0 Å². The van der Waals surface area contributed by atoms with E-state index in [9.17, 15) is 8.42 Å². The van der Waals surface area contributed by atoms with Crippen LogP contribution in [0.1, 0.15) is 4.88 Å². The van der Waals surface area contributed by atoms with Crippen LogP contribution in [0.3, 0.4) is 0 Å². The summed E-state index contributed by atoms with van der Waals surface area (Å²) in [5.41, 5.74) is 0. The Morgan fingerprint density at radius 1 is 1.35 bits per heavy atom. The van der Waals surface area contributed by atoms with E-state index >= 15 is 0 Å². The lowest BCUT2D eigenvalue weighted by Gasteiger charge is -2.20. The lowest BCUT2D eigenvalue weighted by atomic mass is 10.3. The average Bonchev–Trinajstić information content (AvgIpc) is 2.94. The molecule has 1 unspecified atom stereocenters. The van der Waals surface area contributed by atoms with Gasteiger partial charge in [-0.3, -0.25) is 0 Å². The van der Waals surface area contributed by atoms with E-state index in [1.807, 2.05) is 36.6 Å². The van der Waals surface area contributed by atoms with Crippen molar-refractivity contribution in [3.8, 4) is 0 Å². The van der Waals surface area contributed by atoms with Gasteiger partial charge in [0.05, 0.1) is 0 Å². The lowest BCUT2D eigenvalue weighted by molar-refractivity contribution is 0.583. The minimum atomic E-state index is -3.34. The van der Waals surface area contributed by atoms with Crippen LogP contribution >= 0.6 is 34.9 Å². The Labute approximate surface area is 133 Å². The quantitative estimate of drug-likeness (QED) is 0.781. The normalized spacial score (nSPS) is 20.1. The summed E-state index contributed by atoms with van der Waals surface area (Å²) < 4.78 is 27.6. The molecule has 1 aliphatic rings. The van der Waals surface area contributed by atoms with Crippen molar-refractivity contribution in [1.82, 2.24) is 10.0 Å². The zero-order valence-corrected chi connectivity index (χ0v) is 14.7. The number of thioether (sulfide) groups is 2. The van der Waals surface area contributed by atoms with E-state index in [4.69, 9.17) is 0 Å². The van der Waals surface area contributed by atoms with Crippen molar-refractivity contribution in [2.45, 2.75) is 15.9 Å². The number of likely N-dealkylation sites (N-methyl/N-ethyl adjacent to an activating group) is 1. The smallest absolute Gasteiger partial charge is 0.250 e. The summed E-state index contributed by atoms with van der Waals surface area (Å²) in [5, 5.41) is 3.46. The second kappa shape index (κ2) is 8.05. The van der Waals surface area contributed by atoms with Gasteiger partial charge < -0.3 is 5.32 Å². The molecule has 0 spiro atoms. The molecule has 1 aromatic rings. The molecule has 20 heavy (non-hydrogen) atoms. The largest absolute Gasteiger partial charge is 0.319 e. The minimum absolute atomic E-state index is 0.396. The standard InChI is InChI=1S/C12H20N2O2S4/c1-13-5-4-10-2-3-12(19-10)20(15,16)14-8-11-9-17-6-7-18-11/h2-3,11,13-14H,4-9H2,1H3. The van der Waals surface area contributed by atoms with Crippen LogP contribution in [0.25, 0.3) is 0 Å². The zero-order chi connectivity index (χ0) is 14.4. The molecule has 0 amide bonds. The Morgan fingerprint density at radius 2 is 2.20 bits per heavy atom. The molecule has 0 aliphatic carbocycles. The van der Waals surface area contributed by atoms with Gasteiger partial charge in [-0.15, -0.1) is 11.3 Å². The summed E-state index contributed by atoms with van der Waals surface area (Å²) in [6, 6.07) is 3.61. The number of thiophene rings is 1. The maximum absolute atomic E-state index is 12.2. The highest BCUT2D eigenvalue weighted by atomic mass is 32.2. The molecule has 1 fully saturated rings. The third-order valence-electron chi connectivity index (χ3n) is 2.91. The van der Waals surface area contributed by atoms with E-state index < -0.39 is 10.0 Å². The Morgan fingerprint density at radius 3 is 2.90 bits per heavy atom. The van der Waals surface area contributed by atoms with Gasteiger partial charge in [0, 0.05) is 33.9 Å². The van der Waals surface area contributed by atoms with Crippen molar-refractivity contribution in [3.63, 3.8) is 0 Å². The van der Waals surface area contributed by atoms with Crippen LogP contribution in [0.4, 0.5) is 0 Å². The van der Waals surface area contributed by atoms with Gasteiger partial charge in [0.15, 0.2) is 0 Å². The molecule has 2 heterocycles. The molecule has 0 radical (unpaired) electrons. The predicted octanol–water partition coefficient (Wildman–Crippen LogP) is 1.64. The molecule has 114 valence electrons. The molecular weight excluding hydrogens is 332 g/mol. The number of hydrogen-bond acceptors (Lipinski definition) is 6. The van der Waals surface area contributed by atoms with E-state index in [-0.39, 0.29) is 0 Å². The topological polar surface area (TPSA) is 58.2 Å². The van der Waals surface area contributed by atoms with Crippen molar-refractivity contribution < 1.29 is 8.42 Å². The molecule has 1 saturated heterocycles.